The number of anilines is 3. The Balaban J connectivity index is 0.00000422. The van der Waals surface area contributed by atoms with Crippen molar-refractivity contribution in [2.75, 3.05) is 4.90 Å². The van der Waals surface area contributed by atoms with Crippen LogP contribution in [0.2, 0.25) is 0 Å². The molecule has 4 aliphatic rings. The zero-order chi connectivity index (χ0) is 73.1. The van der Waals surface area contributed by atoms with Crippen LogP contribution < -0.4 is 24.8 Å². The molecule has 16 bridgehead atoms. The van der Waals surface area contributed by atoms with Gasteiger partial charge in [0.05, 0.1) is 46.6 Å². The van der Waals surface area contributed by atoms with Gasteiger partial charge in [-0.25, -0.2) is 24.7 Å². The van der Waals surface area contributed by atoms with Crippen LogP contribution in [0, 0.1) is 11.3 Å². The SMILES string of the molecule is N#C/C(=C/c1ccc(N(c2ccc(/C=C/c3ccc4c(c3)-c3nc-4nc4[n-]c(nc5nc(nc6[n-]c(n3)c3ccccc63)-c3ccccc3-5)c3ccccc43)cc2)c2ccc(/C=C/c3ccc4c(c3)-c3nc-4nc4[n-]c(nc5nc(nc6[n-]c(n3)c3ccccc63)-c3ccccc3-5)c3ccccc43)cc2)cc1)C(=O)O.[Zn+2].[Zn+2]. The third-order valence-corrected chi connectivity index (χ3v) is 19.9. The van der Waals surface area contributed by atoms with Crippen molar-refractivity contribution < 1.29 is 48.9 Å². The van der Waals surface area contributed by atoms with Crippen LogP contribution in [0.3, 0.4) is 0 Å². The number of nitriles is 1. The van der Waals surface area contributed by atoms with Crippen molar-refractivity contribution in [1.82, 2.24) is 79.7 Å². The normalized spacial score (nSPS) is 12.0. The number of carbonyl (C=O) groups is 1. The number of benzene rings is 11. The van der Waals surface area contributed by atoms with Crippen molar-refractivity contribution in [2.24, 2.45) is 0 Å². The van der Waals surface area contributed by atoms with Crippen LogP contribution in [0.1, 0.15) is 27.8 Å². The van der Waals surface area contributed by atoms with Gasteiger partial charge in [-0.05, 0) is 126 Å². The molecule has 0 atom stereocenters. The topological polar surface area (TPSA) is 275 Å². The van der Waals surface area contributed by atoms with Gasteiger partial charge in [-0.2, -0.15) is 5.26 Å². The molecule has 0 spiro atoms. The number of aliphatic carboxylic acids is 1. The minimum atomic E-state index is -1.30. The smallest absolute Gasteiger partial charge is 0.477 e. The molecule has 0 unspecified atom stereocenters. The molecule has 0 saturated heterocycles. The quantitative estimate of drug-likeness (QED) is 0.0608. The first-order valence-corrected chi connectivity index (χ1v) is 35.3. The van der Waals surface area contributed by atoms with E-state index in [1.807, 2.05) is 182 Å². The molecule has 6 aromatic heterocycles. The van der Waals surface area contributed by atoms with E-state index in [-0.39, 0.29) is 44.5 Å². The molecule has 4 aliphatic heterocycles. The van der Waals surface area contributed by atoms with E-state index in [0.717, 1.165) is 127 Å². The van der Waals surface area contributed by atoms with Gasteiger partial charge in [0.1, 0.15) is 11.6 Å². The summed E-state index contributed by atoms with van der Waals surface area (Å²) in [6, 6.07) is 85.4. The maximum Gasteiger partial charge on any atom is 2.00 e. The summed E-state index contributed by atoms with van der Waals surface area (Å²) < 4.78 is 0. The van der Waals surface area contributed by atoms with Crippen LogP contribution in [-0.2, 0) is 43.8 Å². The summed E-state index contributed by atoms with van der Waals surface area (Å²) in [4.78, 5) is 95.5. The summed E-state index contributed by atoms with van der Waals surface area (Å²) in [5.74, 6) is 2.48. The number of hydrogen-bond acceptors (Lipinski definition) is 15. The van der Waals surface area contributed by atoms with Gasteiger partial charge in [-0.3, -0.25) is 0 Å². The molecule has 0 amide bonds. The first-order chi connectivity index (χ1) is 54.2. The zero-order valence-electron chi connectivity index (χ0n) is 59.0. The van der Waals surface area contributed by atoms with Gasteiger partial charge in [-0.1, -0.05) is 231 Å². The molecule has 17 aromatic rings. The molecule has 112 heavy (non-hydrogen) atoms. The summed E-state index contributed by atoms with van der Waals surface area (Å²) in [5, 5.41) is 25.9. The Kier molecular flexibility index (Phi) is 16.7. The minimum absolute atomic E-state index is 0. The number of carboxylic acid groups (broad SMARTS) is 1. The van der Waals surface area contributed by atoms with Crippen molar-refractivity contribution >= 4 is 142 Å². The van der Waals surface area contributed by atoms with Gasteiger partial charge < -0.3 is 69.8 Å². The van der Waals surface area contributed by atoms with E-state index in [1.165, 1.54) is 6.08 Å². The minimum Gasteiger partial charge on any atom is -0.477 e. The Labute approximate surface area is 661 Å². The second-order valence-electron chi connectivity index (χ2n) is 26.6. The van der Waals surface area contributed by atoms with E-state index < -0.39 is 5.97 Å². The Bertz CT molecular complexity index is 6960. The van der Waals surface area contributed by atoms with Gasteiger partial charge in [0.2, 0.25) is 0 Å². The summed E-state index contributed by atoms with van der Waals surface area (Å²) in [5.41, 5.74) is 16.7. The fraction of sp³-hybridized carbons (Fsp3) is 0. The fourth-order valence-corrected chi connectivity index (χ4v) is 14.6. The number of rotatable bonds is 9. The standard InChI is InChI=1S/C90H49N18O2.2Zn/c91-48-54(90(109)110)45-51-33-41-57(42-34-51)108(55-37-29-49(30-38-55)25-27-52-35-43-70-72(46-52)88-104-84-68-23-11-9-21-66(68)80(100-84)96-76-60-15-3-1-13-58(60)74(92-76)94-78-62-17-5-7-19-64(62)82(98-78)102-86(70)106-88)56-39-31-50(32-40-56)26-28-53-36-44-71-73(47-53)89-105-85-69-24-12-10-22-67(69)81(101-85)97-77-61-16-4-2-14-59(61)75(93-77)95-79-63-18-6-8-20-65(63)83(99-79)103-87(71)107-89;;/h1-47H,(H2-3,92,93,94,95,96,97,98,99,100,101,102,103,104,105,106,107,109,110);;/q-3;2*+2/p-1/b27-25+,28-26+,54-45-;;. The maximum atomic E-state index is 11.9. The Morgan fingerprint density at radius 2 is 0.509 bits per heavy atom. The third kappa shape index (κ3) is 11.9. The van der Waals surface area contributed by atoms with Crippen molar-refractivity contribution in [3.05, 3.63) is 288 Å². The Morgan fingerprint density at radius 1 is 0.286 bits per heavy atom. The molecule has 11 aromatic carbocycles. The molecule has 22 heteroatoms. The van der Waals surface area contributed by atoms with Gasteiger partial charge >= 0.3 is 44.9 Å². The molecule has 0 fully saturated rings. The molecule has 0 saturated carbocycles. The van der Waals surface area contributed by atoms with Crippen LogP contribution in [0.25, 0.3) is 210 Å². The van der Waals surface area contributed by atoms with Crippen molar-refractivity contribution in [1.29, 1.82) is 5.26 Å². The monoisotopic (exact) mass is 1540 g/mol. The van der Waals surface area contributed by atoms with Gasteiger partial charge in [0.15, 0.2) is 0 Å². The number of nitrogens with zero attached hydrogens (tertiary/aromatic N) is 18. The second kappa shape index (κ2) is 27.5. The number of carboxylic acids is 1. The van der Waals surface area contributed by atoms with Crippen LogP contribution in [0.15, 0.2) is 260 Å². The van der Waals surface area contributed by atoms with Crippen molar-refractivity contribution in [3.63, 3.8) is 0 Å². The number of hydrogen-bond donors (Lipinski definition) is 1. The average molecular weight is 1540 g/mol. The zero-order valence-corrected chi connectivity index (χ0v) is 64.9. The fourth-order valence-electron chi connectivity index (χ4n) is 14.6. The largest absolute Gasteiger partial charge is 2.00 e. The van der Waals surface area contributed by atoms with Crippen molar-refractivity contribution in [3.8, 4) is 97.2 Å². The van der Waals surface area contributed by atoms with E-state index in [2.05, 4.69) is 89.9 Å². The number of aromatic nitrogens is 16. The average Bonchev–Trinajstić information content (AvgIpc) is 1.59. The summed E-state index contributed by atoms with van der Waals surface area (Å²) in [6.07, 6.45) is 9.59. The Morgan fingerprint density at radius 3 is 0.768 bits per heavy atom. The van der Waals surface area contributed by atoms with Gasteiger partial charge in [-0.15, -0.1) is 0 Å². The third-order valence-electron chi connectivity index (χ3n) is 19.9. The molecule has 1 N–H and O–H groups in total. The van der Waals surface area contributed by atoms with E-state index in [9.17, 15) is 15.2 Å². The summed E-state index contributed by atoms with van der Waals surface area (Å²) >= 11 is 0. The molecule has 514 valence electrons. The predicted molar refractivity (Wildman–Crippen MR) is 428 cm³/mol. The van der Waals surface area contributed by atoms with Crippen LogP contribution >= 0.6 is 0 Å². The van der Waals surface area contributed by atoms with E-state index in [0.29, 0.717) is 97.3 Å². The molecular formula is C90H48N18O2Zn2. The van der Waals surface area contributed by atoms with Gasteiger partial charge in [0, 0.05) is 107 Å². The molecule has 10 heterocycles. The van der Waals surface area contributed by atoms with Crippen LogP contribution in [0.4, 0.5) is 17.1 Å². The molecular weight excluding hydrogens is 1500 g/mol. The Hall–Kier alpha value is -14.6. The van der Waals surface area contributed by atoms with Crippen LogP contribution in [-0.4, -0.2) is 70.9 Å². The molecule has 0 aliphatic carbocycles. The van der Waals surface area contributed by atoms with Gasteiger partial charge in [0.25, 0.3) is 0 Å². The van der Waals surface area contributed by atoms with E-state index in [4.69, 9.17) is 79.7 Å². The maximum absolute atomic E-state index is 11.9. The van der Waals surface area contributed by atoms with Crippen molar-refractivity contribution in [2.45, 2.75) is 0 Å². The number of fused-ring (bicyclic) bond motifs is 40. The summed E-state index contributed by atoms with van der Waals surface area (Å²) in [7, 11) is 0. The van der Waals surface area contributed by atoms with E-state index in [1.54, 1.807) is 18.2 Å². The molecule has 0 radical (unpaired) electrons. The predicted octanol–water partition coefficient (Wildman–Crippen LogP) is 18.4. The second-order valence-corrected chi connectivity index (χ2v) is 26.6. The first-order valence-electron chi connectivity index (χ1n) is 35.3. The molecule has 20 nitrogen and oxygen atoms in total. The summed E-state index contributed by atoms with van der Waals surface area (Å²) in [6.45, 7) is 0. The first kappa shape index (κ1) is 67.9. The van der Waals surface area contributed by atoms with Crippen LogP contribution in [0.5, 0.6) is 0 Å². The molecule has 21 rings (SSSR count). The van der Waals surface area contributed by atoms with E-state index >= 15 is 0 Å².